The van der Waals surface area contributed by atoms with Gasteiger partial charge in [0.05, 0.1) is 0 Å². The van der Waals surface area contributed by atoms with Crippen LogP contribution in [0.3, 0.4) is 0 Å². The molecule has 1 unspecified atom stereocenters. The Balaban J connectivity index is 2.96. The first kappa shape index (κ1) is 15.4. The molecule has 0 bridgehead atoms. The third kappa shape index (κ3) is 3.44. The van der Waals surface area contributed by atoms with E-state index >= 15 is 0 Å². The fourth-order valence-electron chi connectivity index (χ4n) is 1.94. The topological polar surface area (TPSA) is 15.3 Å². The van der Waals surface area contributed by atoms with Crippen molar-refractivity contribution in [3.05, 3.63) is 34.6 Å². The van der Waals surface area contributed by atoms with Crippen LogP contribution in [0.1, 0.15) is 19.4 Å². The largest absolute Gasteiger partial charge is 0.315 e. The lowest BCUT2D eigenvalue weighted by atomic mass is 9.88. The van der Waals surface area contributed by atoms with Gasteiger partial charge in [0.25, 0.3) is 0 Å². The van der Waals surface area contributed by atoms with Crippen molar-refractivity contribution >= 4 is 11.6 Å². The van der Waals surface area contributed by atoms with E-state index in [2.05, 4.69) is 24.1 Å². The van der Waals surface area contributed by atoms with Gasteiger partial charge in [0, 0.05) is 16.6 Å². The Morgan fingerprint density at radius 1 is 1.39 bits per heavy atom. The van der Waals surface area contributed by atoms with Crippen LogP contribution >= 0.6 is 11.6 Å². The van der Waals surface area contributed by atoms with Gasteiger partial charge in [-0.25, -0.2) is 4.39 Å². The molecule has 1 rings (SSSR count). The van der Waals surface area contributed by atoms with Crippen molar-refractivity contribution in [2.75, 3.05) is 21.1 Å². The summed E-state index contributed by atoms with van der Waals surface area (Å²) < 4.78 is 13.3. The van der Waals surface area contributed by atoms with Crippen LogP contribution in [-0.2, 0) is 6.42 Å². The van der Waals surface area contributed by atoms with Gasteiger partial charge in [-0.15, -0.1) is 0 Å². The van der Waals surface area contributed by atoms with Crippen molar-refractivity contribution < 1.29 is 4.39 Å². The average Bonchev–Trinajstić information content (AvgIpc) is 2.29. The molecular formula is C14H22ClFN2. The van der Waals surface area contributed by atoms with E-state index in [1.807, 2.05) is 21.1 Å². The molecule has 2 nitrogen and oxygen atoms in total. The monoisotopic (exact) mass is 272 g/mol. The second kappa shape index (κ2) is 6.00. The third-order valence-electron chi connectivity index (χ3n) is 3.79. The Morgan fingerprint density at radius 3 is 2.50 bits per heavy atom. The molecule has 0 saturated carbocycles. The molecule has 0 heterocycles. The molecule has 1 atom stereocenters. The Bertz CT molecular complexity index is 405. The number of rotatable bonds is 5. The molecule has 0 amide bonds. The SMILES string of the molecule is CNC(Cc1cc(F)ccc1Cl)C(C)(C)N(C)C. The molecule has 0 saturated heterocycles. The molecule has 0 aliphatic rings. The second-order valence-electron chi connectivity index (χ2n) is 5.33. The van der Waals surface area contributed by atoms with E-state index < -0.39 is 0 Å². The normalized spacial score (nSPS) is 14.0. The summed E-state index contributed by atoms with van der Waals surface area (Å²) in [6, 6.07) is 4.70. The van der Waals surface area contributed by atoms with Gasteiger partial charge < -0.3 is 10.2 Å². The summed E-state index contributed by atoms with van der Waals surface area (Å²) in [4.78, 5) is 2.15. The first-order chi connectivity index (χ1) is 8.28. The van der Waals surface area contributed by atoms with Gasteiger partial charge >= 0.3 is 0 Å². The van der Waals surface area contributed by atoms with Crippen LogP contribution in [0, 0.1) is 5.82 Å². The van der Waals surface area contributed by atoms with Crippen molar-refractivity contribution in [2.45, 2.75) is 31.8 Å². The molecule has 0 aliphatic heterocycles. The maximum atomic E-state index is 13.3. The zero-order valence-electron chi connectivity index (χ0n) is 11.7. The maximum Gasteiger partial charge on any atom is 0.123 e. The summed E-state index contributed by atoms with van der Waals surface area (Å²) in [6.45, 7) is 4.31. The Kier molecular flexibility index (Phi) is 5.14. The minimum atomic E-state index is -0.244. The summed E-state index contributed by atoms with van der Waals surface area (Å²) in [7, 11) is 6.00. The van der Waals surface area contributed by atoms with E-state index in [4.69, 9.17) is 11.6 Å². The van der Waals surface area contributed by atoms with Crippen LogP contribution in [0.2, 0.25) is 5.02 Å². The molecule has 4 heteroatoms. The van der Waals surface area contributed by atoms with Gasteiger partial charge in [0.1, 0.15) is 5.82 Å². The molecule has 0 aromatic heterocycles. The smallest absolute Gasteiger partial charge is 0.123 e. The fourth-order valence-corrected chi connectivity index (χ4v) is 2.13. The van der Waals surface area contributed by atoms with Crippen molar-refractivity contribution in [1.82, 2.24) is 10.2 Å². The lowest BCUT2D eigenvalue weighted by molar-refractivity contribution is 0.141. The summed E-state index contributed by atoms with van der Waals surface area (Å²) in [6.07, 6.45) is 0.693. The van der Waals surface area contributed by atoms with E-state index in [0.717, 1.165) is 5.56 Å². The molecule has 1 aromatic rings. The molecular weight excluding hydrogens is 251 g/mol. The van der Waals surface area contributed by atoms with E-state index in [0.29, 0.717) is 11.4 Å². The van der Waals surface area contributed by atoms with Gasteiger partial charge in [-0.05, 0) is 65.2 Å². The number of hydrogen-bond donors (Lipinski definition) is 1. The van der Waals surface area contributed by atoms with Gasteiger partial charge in [-0.1, -0.05) is 11.6 Å². The lowest BCUT2D eigenvalue weighted by Gasteiger charge is -2.40. The van der Waals surface area contributed by atoms with Crippen LogP contribution in [-0.4, -0.2) is 37.6 Å². The van der Waals surface area contributed by atoms with Gasteiger partial charge in [0.2, 0.25) is 0 Å². The standard InChI is InChI=1S/C14H22ClFN2/c1-14(2,18(4)5)13(17-3)9-10-8-11(16)6-7-12(10)15/h6-8,13,17H,9H2,1-5H3. The highest BCUT2D eigenvalue weighted by atomic mass is 35.5. The zero-order chi connectivity index (χ0) is 13.9. The summed E-state index contributed by atoms with van der Waals surface area (Å²) in [5, 5.41) is 3.91. The fraction of sp³-hybridized carbons (Fsp3) is 0.571. The maximum absolute atomic E-state index is 13.3. The zero-order valence-corrected chi connectivity index (χ0v) is 12.5. The van der Waals surface area contributed by atoms with Gasteiger partial charge in [-0.3, -0.25) is 0 Å². The van der Waals surface area contributed by atoms with Crippen LogP contribution in [0.5, 0.6) is 0 Å². The number of halogens is 2. The Hall–Kier alpha value is -0.640. The van der Waals surface area contributed by atoms with Gasteiger partial charge in [-0.2, -0.15) is 0 Å². The minimum Gasteiger partial charge on any atom is -0.315 e. The number of hydrogen-bond acceptors (Lipinski definition) is 2. The number of nitrogens with zero attached hydrogens (tertiary/aromatic N) is 1. The lowest BCUT2D eigenvalue weighted by Crippen LogP contribution is -2.55. The molecule has 0 spiro atoms. The molecule has 1 N–H and O–H groups in total. The third-order valence-corrected chi connectivity index (χ3v) is 4.15. The minimum absolute atomic E-state index is 0.0512. The first-order valence-electron chi connectivity index (χ1n) is 6.07. The highest BCUT2D eigenvalue weighted by molar-refractivity contribution is 6.31. The van der Waals surface area contributed by atoms with Crippen LogP contribution < -0.4 is 5.32 Å². The van der Waals surface area contributed by atoms with Crippen LogP contribution in [0.25, 0.3) is 0 Å². The van der Waals surface area contributed by atoms with E-state index in [1.54, 1.807) is 6.07 Å². The Labute approximate surface area is 114 Å². The quantitative estimate of drug-likeness (QED) is 0.887. The summed E-state index contributed by atoms with van der Waals surface area (Å²) in [5.41, 5.74) is 0.788. The molecule has 0 aliphatic carbocycles. The van der Waals surface area contributed by atoms with Gasteiger partial charge in [0.15, 0.2) is 0 Å². The molecule has 0 fully saturated rings. The molecule has 18 heavy (non-hydrogen) atoms. The van der Waals surface area contributed by atoms with Crippen LogP contribution in [0.4, 0.5) is 4.39 Å². The van der Waals surface area contributed by atoms with E-state index in [1.165, 1.54) is 12.1 Å². The highest BCUT2D eigenvalue weighted by Crippen LogP contribution is 2.24. The van der Waals surface area contributed by atoms with E-state index in [9.17, 15) is 4.39 Å². The highest BCUT2D eigenvalue weighted by Gasteiger charge is 2.30. The summed E-state index contributed by atoms with van der Waals surface area (Å²) in [5.74, 6) is -0.244. The number of nitrogens with one attached hydrogen (secondary N) is 1. The average molecular weight is 273 g/mol. The predicted octanol–water partition coefficient (Wildman–Crippen LogP) is 2.95. The molecule has 102 valence electrons. The van der Waals surface area contributed by atoms with Crippen molar-refractivity contribution in [3.63, 3.8) is 0 Å². The van der Waals surface area contributed by atoms with Crippen molar-refractivity contribution in [1.29, 1.82) is 0 Å². The number of likely N-dealkylation sites (N-methyl/N-ethyl adjacent to an activating group) is 2. The van der Waals surface area contributed by atoms with Crippen LogP contribution in [0.15, 0.2) is 18.2 Å². The van der Waals surface area contributed by atoms with E-state index in [-0.39, 0.29) is 17.4 Å². The number of benzene rings is 1. The second-order valence-corrected chi connectivity index (χ2v) is 5.74. The first-order valence-corrected chi connectivity index (χ1v) is 6.45. The predicted molar refractivity (Wildman–Crippen MR) is 75.7 cm³/mol. The Morgan fingerprint density at radius 2 is 2.00 bits per heavy atom. The molecule has 0 radical (unpaired) electrons. The van der Waals surface area contributed by atoms with Crippen molar-refractivity contribution in [2.24, 2.45) is 0 Å². The molecule has 1 aromatic carbocycles. The summed E-state index contributed by atoms with van der Waals surface area (Å²) >= 11 is 6.12. The van der Waals surface area contributed by atoms with Crippen molar-refractivity contribution in [3.8, 4) is 0 Å².